The number of hydrogen-bond donors (Lipinski definition) is 3. The van der Waals surface area contributed by atoms with Gasteiger partial charge in [0.2, 0.25) is 10.0 Å². The van der Waals surface area contributed by atoms with E-state index in [1.54, 1.807) is 48.5 Å². The van der Waals surface area contributed by atoms with Gasteiger partial charge in [0.25, 0.3) is 0 Å². The third-order valence-corrected chi connectivity index (χ3v) is 9.15. The van der Waals surface area contributed by atoms with Crippen LogP contribution >= 0.6 is 0 Å². The van der Waals surface area contributed by atoms with E-state index in [1.165, 1.54) is 22.6 Å². The molecule has 0 radical (unpaired) electrons. The van der Waals surface area contributed by atoms with Gasteiger partial charge in [0, 0.05) is 30.3 Å². The molecule has 0 aliphatic carbocycles. The van der Waals surface area contributed by atoms with Crippen molar-refractivity contribution < 1.29 is 17.9 Å². The van der Waals surface area contributed by atoms with Gasteiger partial charge in [-0.1, -0.05) is 36.4 Å². The Morgan fingerprint density at radius 1 is 0.949 bits per heavy atom. The van der Waals surface area contributed by atoms with Crippen molar-refractivity contribution in [3.05, 3.63) is 95.9 Å². The van der Waals surface area contributed by atoms with Crippen molar-refractivity contribution in [2.24, 2.45) is 11.7 Å². The first-order chi connectivity index (χ1) is 18.8. The molecule has 1 aliphatic rings. The number of anilines is 1. The van der Waals surface area contributed by atoms with Gasteiger partial charge >= 0.3 is 0 Å². The average molecular weight is 548 g/mol. The molecular formula is C29H30FN5O3S. The van der Waals surface area contributed by atoms with Crippen molar-refractivity contribution in [2.75, 3.05) is 18.8 Å². The van der Waals surface area contributed by atoms with E-state index in [1.807, 2.05) is 12.1 Å². The molecule has 202 valence electrons. The van der Waals surface area contributed by atoms with Crippen LogP contribution in [0.25, 0.3) is 22.6 Å². The van der Waals surface area contributed by atoms with Crippen molar-refractivity contribution in [1.82, 2.24) is 14.3 Å². The number of benzene rings is 3. The summed E-state index contributed by atoms with van der Waals surface area (Å²) in [4.78, 5) is 9.15. The molecule has 8 nitrogen and oxygen atoms in total. The van der Waals surface area contributed by atoms with Crippen LogP contribution in [0.2, 0.25) is 0 Å². The maximum Gasteiger partial charge on any atom is 0.243 e. The van der Waals surface area contributed by atoms with Gasteiger partial charge in [0.15, 0.2) is 5.82 Å². The highest BCUT2D eigenvalue weighted by Crippen LogP contribution is 2.32. The smallest absolute Gasteiger partial charge is 0.243 e. The largest absolute Gasteiger partial charge is 0.396 e. The number of aromatic nitrogens is 2. The van der Waals surface area contributed by atoms with Gasteiger partial charge in [-0.05, 0) is 66.3 Å². The highest BCUT2D eigenvalue weighted by atomic mass is 32.2. The molecule has 0 spiro atoms. The number of hydrogen-bond acceptors (Lipinski definition) is 7. The van der Waals surface area contributed by atoms with E-state index in [0.717, 1.165) is 16.7 Å². The van der Waals surface area contributed by atoms with Crippen LogP contribution in [0.1, 0.15) is 30.0 Å². The maximum atomic E-state index is 13.3. The van der Waals surface area contributed by atoms with Gasteiger partial charge in [-0.2, -0.15) is 4.31 Å². The summed E-state index contributed by atoms with van der Waals surface area (Å²) < 4.78 is 41.4. The Hall–Kier alpha value is -3.70. The summed E-state index contributed by atoms with van der Waals surface area (Å²) in [7, 11) is -3.68. The summed E-state index contributed by atoms with van der Waals surface area (Å²) in [5.41, 5.74) is 16.6. The van der Waals surface area contributed by atoms with Crippen LogP contribution < -0.4 is 11.5 Å². The zero-order valence-corrected chi connectivity index (χ0v) is 22.1. The van der Waals surface area contributed by atoms with Crippen molar-refractivity contribution in [1.29, 1.82) is 0 Å². The van der Waals surface area contributed by atoms with E-state index >= 15 is 0 Å². The lowest BCUT2D eigenvalue weighted by atomic mass is 9.86. The Balaban J connectivity index is 1.29. The predicted molar refractivity (Wildman–Crippen MR) is 148 cm³/mol. The Morgan fingerprint density at radius 3 is 2.18 bits per heavy atom. The number of sulfonamides is 1. The molecule has 1 aliphatic heterocycles. The molecule has 1 fully saturated rings. The van der Waals surface area contributed by atoms with Crippen LogP contribution in [0.5, 0.6) is 0 Å². The first kappa shape index (κ1) is 26.9. The number of aliphatic hydroxyl groups is 1. The minimum Gasteiger partial charge on any atom is -0.396 e. The SMILES string of the molecule is Nc1cnc(-c2ccc(S(=O)(=O)N3CCC([C@@H](N)c4ccc(F)cc4)CC3)cc2)nc1-c1ccc(CO)cc1. The number of nitrogens with zero attached hydrogens (tertiary/aromatic N) is 3. The first-order valence-corrected chi connectivity index (χ1v) is 14.1. The van der Waals surface area contributed by atoms with Gasteiger partial charge in [-0.25, -0.2) is 22.8 Å². The fraction of sp³-hybridized carbons (Fsp3) is 0.241. The monoisotopic (exact) mass is 547 g/mol. The number of piperidine rings is 1. The molecule has 1 atom stereocenters. The van der Waals surface area contributed by atoms with E-state index in [0.29, 0.717) is 48.7 Å². The van der Waals surface area contributed by atoms with Gasteiger partial charge in [-0.3, -0.25) is 0 Å². The summed E-state index contributed by atoms with van der Waals surface area (Å²) in [5, 5.41) is 9.28. The minimum atomic E-state index is -3.68. The zero-order valence-electron chi connectivity index (χ0n) is 21.2. The van der Waals surface area contributed by atoms with Crippen molar-refractivity contribution in [3.8, 4) is 22.6 Å². The molecule has 5 N–H and O–H groups in total. The van der Waals surface area contributed by atoms with Crippen molar-refractivity contribution in [2.45, 2.75) is 30.4 Å². The van der Waals surface area contributed by atoms with Gasteiger partial charge in [0.1, 0.15) is 5.82 Å². The second kappa shape index (κ2) is 11.2. The Kier molecular flexibility index (Phi) is 7.72. The molecule has 0 saturated carbocycles. The molecule has 5 rings (SSSR count). The summed E-state index contributed by atoms with van der Waals surface area (Å²) >= 11 is 0. The summed E-state index contributed by atoms with van der Waals surface area (Å²) in [6.07, 6.45) is 2.78. The lowest BCUT2D eigenvalue weighted by molar-refractivity contribution is 0.245. The zero-order chi connectivity index (χ0) is 27.6. The quantitative estimate of drug-likeness (QED) is 0.317. The van der Waals surface area contributed by atoms with Crippen LogP contribution in [0, 0.1) is 11.7 Å². The molecule has 0 amide bonds. The Bertz CT molecular complexity index is 1540. The lowest BCUT2D eigenvalue weighted by Crippen LogP contribution is -2.40. The van der Waals surface area contributed by atoms with E-state index in [-0.39, 0.29) is 29.3 Å². The Morgan fingerprint density at radius 2 is 1.56 bits per heavy atom. The van der Waals surface area contributed by atoms with E-state index in [9.17, 15) is 17.9 Å². The molecule has 1 aromatic heterocycles. The first-order valence-electron chi connectivity index (χ1n) is 12.7. The summed E-state index contributed by atoms with van der Waals surface area (Å²) in [6, 6.07) is 19.7. The maximum absolute atomic E-state index is 13.3. The van der Waals surface area contributed by atoms with E-state index < -0.39 is 10.0 Å². The molecular weight excluding hydrogens is 517 g/mol. The summed E-state index contributed by atoms with van der Waals surface area (Å²) in [5.74, 6) is 0.223. The number of nitrogen functional groups attached to an aromatic ring is 1. The van der Waals surface area contributed by atoms with Crippen LogP contribution in [0.4, 0.5) is 10.1 Å². The third kappa shape index (κ3) is 5.69. The molecule has 4 aromatic rings. The van der Waals surface area contributed by atoms with Crippen molar-refractivity contribution >= 4 is 15.7 Å². The van der Waals surface area contributed by atoms with Gasteiger partial charge in [-0.15, -0.1) is 0 Å². The summed E-state index contributed by atoms with van der Waals surface area (Å²) in [6.45, 7) is 0.674. The number of halogens is 1. The highest BCUT2D eigenvalue weighted by molar-refractivity contribution is 7.89. The number of rotatable bonds is 7. The molecule has 3 aromatic carbocycles. The number of nitrogens with two attached hydrogens (primary N) is 2. The topological polar surface area (TPSA) is 135 Å². The normalized spacial score (nSPS) is 15.8. The fourth-order valence-electron chi connectivity index (χ4n) is 4.89. The molecule has 0 unspecified atom stereocenters. The minimum absolute atomic E-state index is 0.0540. The molecule has 2 heterocycles. The molecule has 0 bridgehead atoms. The third-order valence-electron chi connectivity index (χ3n) is 7.24. The van der Waals surface area contributed by atoms with Crippen LogP contribution in [-0.4, -0.2) is 40.9 Å². The van der Waals surface area contributed by atoms with Gasteiger partial charge < -0.3 is 16.6 Å². The van der Waals surface area contributed by atoms with Crippen molar-refractivity contribution in [3.63, 3.8) is 0 Å². The molecule has 1 saturated heterocycles. The predicted octanol–water partition coefficient (Wildman–Crippen LogP) is 4.12. The highest BCUT2D eigenvalue weighted by Gasteiger charge is 2.32. The second-order valence-electron chi connectivity index (χ2n) is 9.70. The van der Waals surface area contributed by atoms with E-state index in [4.69, 9.17) is 11.5 Å². The van der Waals surface area contributed by atoms with Crippen LogP contribution in [-0.2, 0) is 16.6 Å². The lowest BCUT2D eigenvalue weighted by Gasteiger charge is -2.34. The average Bonchev–Trinajstić information content (AvgIpc) is 2.98. The van der Waals surface area contributed by atoms with E-state index in [2.05, 4.69) is 9.97 Å². The fourth-order valence-corrected chi connectivity index (χ4v) is 6.36. The van der Waals surface area contributed by atoms with Crippen LogP contribution in [0.3, 0.4) is 0 Å². The second-order valence-corrected chi connectivity index (χ2v) is 11.6. The molecule has 10 heteroatoms. The van der Waals surface area contributed by atoms with Gasteiger partial charge in [0.05, 0.1) is 29.1 Å². The Labute approximate surface area is 227 Å². The van der Waals surface area contributed by atoms with Crippen LogP contribution in [0.15, 0.2) is 83.9 Å². The number of aliphatic hydroxyl groups excluding tert-OH is 1. The molecule has 39 heavy (non-hydrogen) atoms. The standard InChI is InChI=1S/C29H30FN5O3S/c30-24-9-5-20(6-10-24)27(32)21-13-15-35(16-14-21)39(37,38)25-11-7-23(8-12-25)29-33-17-26(31)28(34-29)22-3-1-19(18-36)2-4-22/h1-12,17,21,27,36H,13-16,18,31-32H2/t27-/m0/s1.